The molecule has 2 heteroatoms. The van der Waals surface area contributed by atoms with Crippen LogP contribution in [0.4, 0.5) is 0 Å². The number of hydrogen-bond acceptors (Lipinski definition) is 2. The molecule has 21 heavy (non-hydrogen) atoms. The highest BCUT2D eigenvalue weighted by atomic mass is 16.7. The molecule has 0 aromatic rings. The zero-order valence-electron chi connectivity index (χ0n) is 14.2. The first-order chi connectivity index (χ1) is 9.73. The zero-order valence-corrected chi connectivity index (χ0v) is 14.2. The van der Waals surface area contributed by atoms with Crippen LogP contribution in [0.5, 0.6) is 0 Å². The lowest BCUT2D eigenvalue weighted by Crippen LogP contribution is -2.45. The van der Waals surface area contributed by atoms with Gasteiger partial charge in [-0.25, -0.2) is 0 Å². The van der Waals surface area contributed by atoms with Crippen LogP contribution in [0.25, 0.3) is 0 Å². The van der Waals surface area contributed by atoms with Crippen molar-refractivity contribution >= 4 is 0 Å². The van der Waals surface area contributed by atoms with Crippen LogP contribution >= 0.6 is 0 Å². The molecular weight excluding hydrogens is 260 g/mol. The van der Waals surface area contributed by atoms with Gasteiger partial charge < -0.3 is 9.47 Å². The normalized spacial score (nSPS) is 25.8. The number of hydrogen-bond donors (Lipinski definition) is 0. The van der Waals surface area contributed by atoms with Crippen LogP contribution in [0.1, 0.15) is 54.4 Å². The summed E-state index contributed by atoms with van der Waals surface area (Å²) in [5, 5.41) is 0. The minimum absolute atomic E-state index is 0.00666. The van der Waals surface area contributed by atoms with Crippen LogP contribution in [0.15, 0.2) is 47.3 Å². The number of allylic oxidation sites excluding steroid dienone is 5. The highest BCUT2D eigenvalue weighted by Gasteiger charge is 2.45. The molecule has 1 atom stereocenters. The fourth-order valence-electron chi connectivity index (χ4n) is 2.91. The Kier molecular flexibility index (Phi) is 4.48. The molecule has 0 spiro atoms. The summed E-state index contributed by atoms with van der Waals surface area (Å²) < 4.78 is 12.7. The maximum Gasteiger partial charge on any atom is 0.237 e. The third kappa shape index (κ3) is 3.68. The molecule has 2 nitrogen and oxygen atoms in total. The van der Waals surface area contributed by atoms with E-state index in [1.807, 2.05) is 6.08 Å². The Morgan fingerprint density at radius 3 is 2.43 bits per heavy atom. The molecule has 2 rings (SSSR count). The van der Waals surface area contributed by atoms with E-state index in [4.69, 9.17) is 9.47 Å². The molecule has 0 saturated heterocycles. The van der Waals surface area contributed by atoms with Crippen molar-refractivity contribution in [3.63, 3.8) is 0 Å². The minimum atomic E-state index is -0.688. The van der Waals surface area contributed by atoms with Gasteiger partial charge in [-0.1, -0.05) is 44.6 Å². The standard InChI is InChI=1S/C19H28O2/c1-14(2)20-19(21-16-9-7-8-10-16)12-11-15(3)13-17(19)18(4,5)6/h7,9-11,13-14H,8,12H2,1-6H3. The van der Waals surface area contributed by atoms with E-state index in [0.29, 0.717) is 0 Å². The molecular formula is C19H28O2. The molecule has 0 fully saturated rings. The summed E-state index contributed by atoms with van der Waals surface area (Å²) in [5.41, 5.74) is 2.49. The van der Waals surface area contributed by atoms with Gasteiger partial charge in [-0.3, -0.25) is 0 Å². The molecule has 2 aliphatic carbocycles. The molecule has 0 N–H and O–H groups in total. The molecule has 0 radical (unpaired) electrons. The maximum absolute atomic E-state index is 6.38. The predicted octanol–water partition coefficient (Wildman–Crippen LogP) is 5.29. The lowest BCUT2D eigenvalue weighted by molar-refractivity contribution is -0.211. The van der Waals surface area contributed by atoms with Crippen LogP contribution in [0.3, 0.4) is 0 Å². The second-order valence-corrected chi connectivity index (χ2v) is 7.23. The summed E-state index contributed by atoms with van der Waals surface area (Å²) in [5.74, 6) is 0.227. The Balaban J connectivity index is 2.42. The monoisotopic (exact) mass is 288 g/mol. The lowest BCUT2D eigenvalue weighted by Gasteiger charge is -2.44. The summed E-state index contributed by atoms with van der Waals surface area (Å²) in [6.07, 6.45) is 12.5. The topological polar surface area (TPSA) is 18.5 Å². The molecule has 1 unspecified atom stereocenters. The van der Waals surface area contributed by atoms with E-state index < -0.39 is 5.79 Å². The van der Waals surface area contributed by atoms with Crippen molar-refractivity contribution in [1.82, 2.24) is 0 Å². The van der Waals surface area contributed by atoms with Crippen molar-refractivity contribution in [3.05, 3.63) is 47.3 Å². The molecule has 0 saturated carbocycles. The van der Waals surface area contributed by atoms with E-state index in [9.17, 15) is 0 Å². The van der Waals surface area contributed by atoms with Crippen molar-refractivity contribution in [2.24, 2.45) is 5.41 Å². The van der Waals surface area contributed by atoms with E-state index in [1.54, 1.807) is 0 Å². The highest BCUT2D eigenvalue weighted by molar-refractivity contribution is 5.37. The second-order valence-electron chi connectivity index (χ2n) is 7.23. The van der Waals surface area contributed by atoms with Gasteiger partial charge in [0.25, 0.3) is 0 Å². The highest BCUT2D eigenvalue weighted by Crippen LogP contribution is 2.45. The van der Waals surface area contributed by atoms with Crippen LogP contribution in [-0.2, 0) is 9.47 Å². The van der Waals surface area contributed by atoms with Crippen molar-refractivity contribution in [2.45, 2.75) is 66.3 Å². The Bertz CT molecular complexity index is 512. The second kappa shape index (κ2) is 5.84. The third-order valence-electron chi connectivity index (χ3n) is 3.73. The first-order valence-corrected chi connectivity index (χ1v) is 7.86. The lowest BCUT2D eigenvalue weighted by atomic mass is 9.76. The van der Waals surface area contributed by atoms with Gasteiger partial charge in [-0.05, 0) is 44.8 Å². The van der Waals surface area contributed by atoms with Crippen molar-refractivity contribution in [1.29, 1.82) is 0 Å². The van der Waals surface area contributed by atoms with Gasteiger partial charge in [0.2, 0.25) is 5.79 Å². The molecule has 116 valence electrons. The average Bonchev–Trinajstić information content (AvgIpc) is 2.83. The van der Waals surface area contributed by atoms with Gasteiger partial charge in [0.15, 0.2) is 0 Å². The van der Waals surface area contributed by atoms with Gasteiger partial charge in [0, 0.05) is 12.0 Å². The fraction of sp³-hybridized carbons (Fsp3) is 0.579. The average molecular weight is 288 g/mol. The summed E-state index contributed by atoms with van der Waals surface area (Å²) in [7, 11) is 0. The first kappa shape index (κ1) is 16.1. The Morgan fingerprint density at radius 2 is 1.90 bits per heavy atom. The van der Waals surface area contributed by atoms with E-state index >= 15 is 0 Å². The van der Waals surface area contributed by atoms with Crippen molar-refractivity contribution < 1.29 is 9.47 Å². The van der Waals surface area contributed by atoms with Gasteiger partial charge >= 0.3 is 0 Å². The molecule has 0 amide bonds. The summed E-state index contributed by atoms with van der Waals surface area (Å²) >= 11 is 0. The quantitative estimate of drug-likeness (QED) is 0.654. The summed E-state index contributed by atoms with van der Waals surface area (Å²) in [4.78, 5) is 0. The first-order valence-electron chi connectivity index (χ1n) is 7.86. The van der Waals surface area contributed by atoms with E-state index in [2.05, 4.69) is 65.8 Å². The van der Waals surface area contributed by atoms with E-state index in [-0.39, 0.29) is 11.5 Å². The SMILES string of the molecule is CC1=CCC(OC2=CCC=C2)(OC(C)C)C(C(C)(C)C)=C1. The molecule has 2 aliphatic rings. The van der Waals surface area contributed by atoms with Crippen molar-refractivity contribution in [3.8, 4) is 0 Å². The van der Waals surface area contributed by atoms with Gasteiger partial charge in [0.1, 0.15) is 5.76 Å². The third-order valence-corrected chi connectivity index (χ3v) is 3.73. The zero-order chi connectivity index (χ0) is 15.7. The molecule has 0 aliphatic heterocycles. The van der Waals surface area contributed by atoms with Crippen LogP contribution < -0.4 is 0 Å². The Labute approximate surface area is 129 Å². The summed E-state index contributed by atoms with van der Waals surface area (Å²) in [6, 6.07) is 0. The van der Waals surface area contributed by atoms with Crippen LogP contribution in [0.2, 0.25) is 0 Å². The molecule has 0 heterocycles. The van der Waals surface area contributed by atoms with E-state index in [1.165, 1.54) is 11.1 Å². The number of ether oxygens (including phenoxy) is 2. The number of rotatable bonds is 4. The van der Waals surface area contributed by atoms with Gasteiger partial charge in [0.05, 0.1) is 6.10 Å². The maximum atomic E-state index is 6.38. The van der Waals surface area contributed by atoms with Crippen LogP contribution in [0, 0.1) is 5.41 Å². The fourth-order valence-corrected chi connectivity index (χ4v) is 2.91. The Morgan fingerprint density at radius 1 is 1.19 bits per heavy atom. The predicted molar refractivity (Wildman–Crippen MR) is 87.8 cm³/mol. The minimum Gasteiger partial charge on any atom is -0.458 e. The molecule has 0 aromatic carbocycles. The molecule has 0 bridgehead atoms. The summed E-state index contributed by atoms with van der Waals surface area (Å²) in [6.45, 7) is 12.9. The Hall–Kier alpha value is -1.28. The molecule has 0 aromatic heterocycles. The van der Waals surface area contributed by atoms with Gasteiger partial charge in [-0.15, -0.1) is 0 Å². The van der Waals surface area contributed by atoms with Gasteiger partial charge in [-0.2, -0.15) is 0 Å². The van der Waals surface area contributed by atoms with Crippen LogP contribution in [-0.4, -0.2) is 11.9 Å². The van der Waals surface area contributed by atoms with Crippen molar-refractivity contribution in [2.75, 3.05) is 0 Å². The smallest absolute Gasteiger partial charge is 0.237 e. The van der Waals surface area contributed by atoms with E-state index in [0.717, 1.165) is 18.6 Å². The largest absolute Gasteiger partial charge is 0.458 e.